The highest BCUT2D eigenvalue weighted by Crippen LogP contribution is 2.28. The lowest BCUT2D eigenvalue weighted by Crippen LogP contribution is -2.15. The van der Waals surface area contributed by atoms with Crippen molar-refractivity contribution in [3.63, 3.8) is 0 Å². The number of esters is 1. The third kappa shape index (κ3) is 2.20. The van der Waals surface area contributed by atoms with Crippen LogP contribution in [0.2, 0.25) is 0 Å². The Balaban J connectivity index is 2.58. The second kappa shape index (κ2) is 5.36. The zero-order valence-corrected chi connectivity index (χ0v) is 10.3. The van der Waals surface area contributed by atoms with Crippen LogP contribution in [0.5, 0.6) is 0 Å². The molecule has 0 fully saturated rings. The minimum atomic E-state index is -1.06. The van der Waals surface area contributed by atoms with E-state index in [1.165, 1.54) is 0 Å². The zero-order valence-electron chi connectivity index (χ0n) is 10.3. The number of carbonyl (C=O) groups excluding carboxylic acids is 2. The molecule has 0 saturated heterocycles. The van der Waals surface area contributed by atoms with Gasteiger partial charge in [-0.15, -0.1) is 0 Å². The average Bonchev–Trinajstić information content (AvgIpc) is 2.79. The maximum absolute atomic E-state index is 11.8. The van der Waals surface area contributed by atoms with Gasteiger partial charge in [-0.3, -0.25) is 9.59 Å². The Bertz CT molecular complexity index is 667. The first-order valence-electron chi connectivity index (χ1n) is 5.85. The molecule has 1 atom stereocenters. The highest BCUT2D eigenvalue weighted by Gasteiger charge is 2.26. The van der Waals surface area contributed by atoms with Crippen LogP contribution in [-0.4, -0.2) is 23.8 Å². The topological polar surface area (TPSA) is 82.9 Å². The fraction of sp³-hybridized carbons (Fsp3) is 0.214. The molecule has 1 N–H and O–H groups in total. The number of hydrogen-bond donors (Lipinski definition) is 1. The maximum Gasteiger partial charge on any atom is 0.329 e. The van der Waals surface area contributed by atoms with E-state index in [9.17, 15) is 9.59 Å². The number of fused-ring (bicyclic) bond motifs is 1. The molecule has 1 heterocycles. The van der Waals surface area contributed by atoms with E-state index in [1.54, 1.807) is 31.2 Å². The summed E-state index contributed by atoms with van der Waals surface area (Å²) < 4.78 is 4.87. The summed E-state index contributed by atoms with van der Waals surface area (Å²) in [5, 5.41) is 10.5. The van der Waals surface area contributed by atoms with E-state index in [0.717, 1.165) is 0 Å². The second-order valence-electron chi connectivity index (χ2n) is 3.93. The quantitative estimate of drug-likeness (QED) is 0.671. The van der Waals surface area contributed by atoms with Crippen LogP contribution in [0, 0.1) is 11.3 Å². The van der Waals surface area contributed by atoms with Crippen molar-refractivity contribution in [2.45, 2.75) is 12.8 Å². The van der Waals surface area contributed by atoms with Crippen molar-refractivity contribution in [2.75, 3.05) is 6.61 Å². The zero-order chi connectivity index (χ0) is 13.8. The summed E-state index contributed by atoms with van der Waals surface area (Å²) in [5.74, 6) is -1.67. The summed E-state index contributed by atoms with van der Waals surface area (Å²) in [4.78, 5) is 25.6. The van der Waals surface area contributed by atoms with Gasteiger partial charge in [0, 0.05) is 10.8 Å². The van der Waals surface area contributed by atoms with Crippen molar-refractivity contribution < 1.29 is 14.3 Å². The molecule has 0 radical (unpaired) electrons. The van der Waals surface area contributed by atoms with Crippen molar-refractivity contribution in [1.82, 2.24) is 4.98 Å². The van der Waals surface area contributed by atoms with Crippen molar-refractivity contribution in [3.05, 3.63) is 35.7 Å². The molecule has 0 aliphatic carbocycles. The SMILES string of the molecule is CCOC(=O)C(C#N)c1[nH]c(C=O)c2ccccc12. The lowest BCUT2D eigenvalue weighted by atomic mass is 10.0. The Morgan fingerprint density at radius 2 is 2.16 bits per heavy atom. The van der Waals surface area contributed by atoms with Crippen LogP contribution in [0.15, 0.2) is 24.3 Å². The van der Waals surface area contributed by atoms with Crippen LogP contribution in [0.4, 0.5) is 0 Å². The number of benzene rings is 1. The lowest BCUT2D eigenvalue weighted by molar-refractivity contribution is -0.143. The van der Waals surface area contributed by atoms with Gasteiger partial charge in [0.2, 0.25) is 0 Å². The molecule has 1 aromatic heterocycles. The van der Waals surface area contributed by atoms with Gasteiger partial charge in [-0.2, -0.15) is 5.26 Å². The number of aromatic amines is 1. The largest absolute Gasteiger partial charge is 0.465 e. The molecule has 96 valence electrons. The van der Waals surface area contributed by atoms with E-state index in [2.05, 4.69) is 4.98 Å². The van der Waals surface area contributed by atoms with Gasteiger partial charge >= 0.3 is 5.97 Å². The Labute approximate surface area is 109 Å². The second-order valence-corrected chi connectivity index (χ2v) is 3.93. The minimum absolute atomic E-state index is 0.205. The molecule has 0 aliphatic rings. The summed E-state index contributed by atoms with van der Waals surface area (Å²) in [7, 11) is 0. The first kappa shape index (κ1) is 12.8. The van der Waals surface area contributed by atoms with Gasteiger partial charge in [-0.05, 0) is 6.92 Å². The number of ether oxygens (including phenoxy) is 1. The number of aldehydes is 1. The van der Waals surface area contributed by atoms with Gasteiger partial charge in [-0.25, -0.2) is 0 Å². The lowest BCUT2D eigenvalue weighted by Gasteiger charge is -2.07. The van der Waals surface area contributed by atoms with Crippen molar-refractivity contribution in [2.24, 2.45) is 0 Å². The van der Waals surface area contributed by atoms with Crippen molar-refractivity contribution >= 4 is 23.0 Å². The number of nitrogens with zero attached hydrogens (tertiary/aromatic N) is 1. The number of hydrogen-bond acceptors (Lipinski definition) is 4. The van der Waals surface area contributed by atoms with Gasteiger partial charge in [0.25, 0.3) is 0 Å². The standard InChI is InChI=1S/C14H12N2O3/c1-2-19-14(18)11(7-15)13-10-6-4-3-5-9(10)12(8-17)16-13/h3-6,8,11,16H,2H2,1H3. The molecule has 0 bridgehead atoms. The highest BCUT2D eigenvalue weighted by atomic mass is 16.5. The third-order valence-corrected chi connectivity index (χ3v) is 2.83. The van der Waals surface area contributed by atoms with E-state index < -0.39 is 11.9 Å². The van der Waals surface area contributed by atoms with E-state index >= 15 is 0 Å². The van der Waals surface area contributed by atoms with E-state index in [4.69, 9.17) is 10.00 Å². The maximum atomic E-state index is 11.8. The molecule has 2 aromatic rings. The number of nitrogens with one attached hydrogen (secondary N) is 1. The summed E-state index contributed by atoms with van der Waals surface area (Å²) in [6.45, 7) is 1.88. The normalized spacial score (nSPS) is 11.8. The highest BCUT2D eigenvalue weighted by molar-refractivity contribution is 6.01. The first-order chi connectivity index (χ1) is 9.22. The summed E-state index contributed by atoms with van der Waals surface area (Å²) >= 11 is 0. The van der Waals surface area contributed by atoms with Crippen molar-refractivity contribution in [1.29, 1.82) is 5.26 Å². The number of rotatable bonds is 4. The first-order valence-corrected chi connectivity index (χ1v) is 5.85. The van der Waals surface area contributed by atoms with Crippen LogP contribution < -0.4 is 0 Å². The summed E-state index contributed by atoms with van der Waals surface area (Å²) in [6.07, 6.45) is 0.672. The molecule has 0 spiro atoms. The van der Waals surface area contributed by atoms with Gasteiger partial charge < -0.3 is 9.72 Å². The molecular weight excluding hydrogens is 244 g/mol. The fourth-order valence-corrected chi connectivity index (χ4v) is 2.01. The monoisotopic (exact) mass is 256 g/mol. The van der Waals surface area contributed by atoms with Gasteiger partial charge in [0.1, 0.15) is 0 Å². The third-order valence-electron chi connectivity index (χ3n) is 2.83. The van der Waals surface area contributed by atoms with Crippen molar-refractivity contribution in [3.8, 4) is 6.07 Å². The molecule has 19 heavy (non-hydrogen) atoms. The predicted molar refractivity (Wildman–Crippen MR) is 68.7 cm³/mol. The molecule has 1 unspecified atom stereocenters. The molecular formula is C14H12N2O3. The van der Waals surface area contributed by atoms with E-state index in [0.29, 0.717) is 28.4 Å². The Morgan fingerprint density at radius 3 is 2.74 bits per heavy atom. The van der Waals surface area contributed by atoms with Crippen LogP contribution >= 0.6 is 0 Å². The number of aromatic nitrogens is 1. The van der Waals surface area contributed by atoms with E-state index in [1.807, 2.05) is 6.07 Å². The Kier molecular flexibility index (Phi) is 3.62. The Morgan fingerprint density at radius 1 is 1.47 bits per heavy atom. The van der Waals surface area contributed by atoms with Crippen LogP contribution in [0.3, 0.4) is 0 Å². The molecule has 0 aliphatic heterocycles. The van der Waals surface area contributed by atoms with Gasteiger partial charge in [-0.1, -0.05) is 24.3 Å². The Hall–Kier alpha value is -2.61. The summed E-state index contributed by atoms with van der Waals surface area (Å²) in [5.41, 5.74) is 0.758. The number of H-pyrrole nitrogens is 1. The smallest absolute Gasteiger partial charge is 0.329 e. The van der Waals surface area contributed by atoms with Crippen LogP contribution in [-0.2, 0) is 9.53 Å². The molecule has 5 nitrogen and oxygen atoms in total. The molecule has 2 rings (SSSR count). The number of nitriles is 1. The molecule has 1 aromatic carbocycles. The summed E-state index contributed by atoms with van der Waals surface area (Å²) in [6, 6.07) is 9.01. The number of carbonyl (C=O) groups is 2. The molecule has 0 amide bonds. The minimum Gasteiger partial charge on any atom is -0.465 e. The van der Waals surface area contributed by atoms with Gasteiger partial charge in [0.05, 0.1) is 24.1 Å². The fourth-order valence-electron chi connectivity index (χ4n) is 2.01. The predicted octanol–water partition coefficient (Wildman–Crippen LogP) is 2.15. The van der Waals surface area contributed by atoms with Crippen LogP contribution in [0.25, 0.3) is 10.8 Å². The average molecular weight is 256 g/mol. The molecule has 5 heteroatoms. The van der Waals surface area contributed by atoms with Gasteiger partial charge in [0.15, 0.2) is 12.2 Å². The van der Waals surface area contributed by atoms with Crippen LogP contribution in [0.1, 0.15) is 29.0 Å². The van der Waals surface area contributed by atoms with E-state index in [-0.39, 0.29) is 6.61 Å². The molecule has 0 saturated carbocycles.